The first kappa shape index (κ1) is 30.4. The van der Waals surface area contributed by atoms with E-state index in [2.05, 4.69) is 13.0 Å². The highest BCUT2D eigenvalue weighted by Crippen LogP contribution is 2.13. The summed E-state index contributed by atoms with van der Waals surface area (Å²) in [5.41, 5.74) is 0. The molecule has 0 aromatic rings. The smallest absolute Gasteiger partial charge is 0.331 e. The molecule has 186 valence electrons. The van der Waals surface area contributed by atoms with E-state index in [4.69, 9.17) is 4.74 Å². The predicted octanol–water partition coefficient (Wildman–Crippen LogP) is 5.34. The topological polar surface area (TPSA) is 66.4 Å². The Morgan fingerprint density at radius 1 is 0.812 bits per heavy atom. The Morgan fingerprint density at radius 3 is 1.78 bits per heavy atom. The number of allylic oxidation sites excluding steroid dienone is 3. The van der Waals surface area contributed by atoms with Crippen molar-refractivity contribution >= 4 is 11.9 Å². The van der Waals surface area contributed by atoms with Gasteiger partial charge in [-0.3, -0.25) is 0 Å². The first-order valence-corrected chi connectivity index (χ1v) is 12.8. The summed E-state index contributed by atoms with van der Waals surface area (Å²) in [4.78, 5) is 22.8. The predicted molar refractivity (Wildman–Crippen MR) is 131 cm³/mol. The molecule has 1 atom stereocenters. The van der Waals surface area contributed by atoms with Gasteiger partial charge in [-0.15, -0.1) is 0 Å². The van der Waals surface area contributed by atoms with Crippen LogP contribution in [0.15, 0.2) is 24.3 Å². The molecule has 0 aromatic heterocycles. The van der Waals surface area contributed by atoms with Crippen molar-refractivity contribution in [2.24, 2.45) is 0 Å². The number of unbranched alkanes of at least 4 members (excludes halogenated alkanes) is 13. The van der Waals surface area contributed by atoms with Crippen LogP contribution in [-0.4, -0.2) is 50.2 Å². The summed E-state index contributed by atoms with van der Waals surface area (Å²) in [6, 6.07) is 0. The summed E-state index contributed by atoms with van der Waals surface area (Å²) < 4.78 is 5.78. The van der Waals surface area contributed by atoms with Gasteiger partial charge in [0.1, 0.15) is 6.54 Å². The van der Waals surface area contributed by atoms with Gasteiger partial charge in [-0.1, -0.05) is 102 Å². The molecule has 0 bridgehead atoms. The number of esters is 1. The molecule has 0 saturated carbocycles. The Balaban J connectivity index is 3.72. The molecule has 0 aliphatic heterocycles. The highest BCUT2D eigenvalue weighted by molar-refractivity contribution is 5.82. The van der Waals surface area contributed by atoms with Gasteiger partial charge in [0.25, 0.3) is 0 Å². The number of carbonyl (C=O) groups excluding carboxylic acids is 2. The van der Waals surface area contributed by atoms with Crippen molar-refractivity contribution in [1.82, 2.24) is 0 Å². The van der Waals surface area contributed by atoms with Crippen LogP contribution in [0.1, 0.15) is 103 Å². The lowest BCUT2D eigenvalue weighted by molar-refractivity contribution is -0.873. The molecule has 0 aliphatic carbocycles. The average Bonchev–Trinajstić information content (AvgIpc) is 2.68. The first-order valence-electron chi connectivity index (χ1n) is 12.8. The molecule has 0 fully saturated rings. The summed E-state index contributed by atoms with van der Waals surface area (Å²) in [6.45, 7) is 2.68. The second-order valence-corrected chi connectivity index (χ2v) is 9.93. The molecule has 1 unspecified atom stereocenters. The highest BCUT2D eigenvalue weighted by atomic mass is 16.5. The molecule has 0 N–H and O–H groups in total. The summed E-state index contributed by atoms with van der Waals surface area (Å²) >= 11 is 0. The fraction of sp³-hybridized carbons (Fsp3) is 0.778. The number of likely N-dealkylation sites (N-methyl/N-ethyl adjacent to an activating group) is 1. The van der Waals surface area contributed by atoms with Gasteiger partial charge >= 0.3 is 5.97 Å². The molecular weight excluding hydrogens is 402 g/mol. The molecule has 0 aromatic carbocycles. The molecular formula is C27H49NO4. The van der Waals surface area contributed by atoms with Gasteiger partial charge in [-0.05, 0) is 12.8 Å². The van der Waals surface area contributed by atoms with Crippen LogP contribution in [0.5, 0.6) is 0 Å². The zero-order valence-electron chi connectivity index (χ0n) is 21.3. The number of aliphatic carboxylic acids is 1. The Morgan fingerprint density at radius 2 is 1.31 bits per heavy atom. The average molecular weight is 452 g/mol. The van der Waals surface area contributed by atoms with Crippen molar-refractivity contribution in [2.45, 2.75) is 109 Å². The third kappa shape index (κ3) is 23.1. The van der Waals surface area contributed by atoms with Gasteiger partial charge in [0.15, 0.2) is 6.10 Å². The minimum absolute atomic E-state index is 0.288. The molecule has 5 heteroatoms. The largest absolute Gasteiger partial charge is 0.550 e. The molecule has 0 amide bonds. The molecule has 0 saturated heterocycles. The Kier molecular flexibility index (Phi) is 19.0. The minimum Gasteiger partial charge on any atom is -0.550 e. The number of rotatable bonds is 21. The van der Waals surface area contributed by atoms with Crippen LogP contribution >= 0.6 is 0 Å². The van der Waals surface area contributed by atoms with E-state index in [0.29, 0.717) is 11.0 Å². The molecule has 0 rings (SSSR count). The van der Waals surface area contributed by atoms with Gasteiger partial charge in [0, 0.05) is 18.5 Å². The third-order valence-corrected chi connectivity index (χ3v) is 5.38. The summed E-state index contributed by atoms with van der Waals surface area (Å²) in [6.07, 6.45) is 24.5. The molecule has 0 spiro atoms. The van der Waals surface area contributed by atoms with Gasteiger partial charge < -0.3 is 19.1 Å². The Labute approximate surface area is 197 Å². The number of hydrogen-bond donors (Lipinski definition) is 0. The van der Waals surface area contributed by atoms with E-state index in [0.717, 1.165) is 6.42 Å². The van der Waals surface area contributed by atoms with Crippen LogP contribution in [0.2, 0.25) is 0 Å². The van der Waals surface area contributed by atoms with Gasteiger partial charge in [-0.25, -0.2) is 4.79 Å². The molecule has 32 heavy (non-hydrogen) atoms. The normalized spacial score (nSPS) is 13.1. The first-order chi connectivity index (χ1) is 15.2. The zero-order valence-corrected chi connectivity index (χ0v) is 21.3. The summed E-state index contributed by atoms with van der Waals surface area (Å²) in [5.74, 6) is -1.73. The maximum atomic E-state index is 11.9. The van der Waals surface area contributed by atoms with Crippen LogP contribution in [0.4, 0.5) is 0 Å². The van der Waals surface area contributed by atoms with Crippen molar-refractivity contribution in [1.29, 1.82) is 0 Å². The van der Waals surface area contributed by atoms with Crippen molar-refractivity contribution in [3.63, 3.8) is 0 Å². The number of hydrogen-bond acceptors (Lipinski definition) is 4. The van der Waals surface area contributed by atoms with Crippen LogP contribution in [-0.2, 0) is 14.3 Å². The van der Waals surface area contributed by atoms with Crippen molar-refractivity contribution < 1.29 is 23.9 Å². The van der Waals surface area contributed by atoms with E-state index in [1.54, 1.807) is 6.08 Å². The minimum atomic E-state index is -1.21. The van der Waals surface area contributed by atoms with Crippen molar-refractivity contribution in [2.75, 3.05) is 27.7 Å². The number of carboxylic acid groups (broad SMARTS) is 1. The lowest BCUT2D eigenvalue weighted by Gasteiger charge is -2.28. The van der Waals surface area contributed by atoms with E-state index in [9.17, 15) is 14.7 Å². The van der Waals surface area contributed by atoms with Crippen LogP contribution in [0, 0.1) is 0 Å². The maximum Gasteiger partial charge on any atom is 0.331 e. The number of nitrogens with zero attached hydrogens (tertiary/aromatic N) is 1. The molecule has 0 heterocycles. The molecule has 5 nitrogen and oxygen atoms in total. The van der Waals surface area contributed by atoms with Gasteiger partial charge in [-0.2, -0.15) is 0 Å². The van der Waals surface area contributed by atoms with Gasteiger partial charge in [0.05, 0.1) is 21.1 Å². The summed E-state index contributed by atoms with van der Waals surface area (Å²) in [5, 5.41) is 10.9. The number of ether oxygens (including phenoxy) is 1. The number of carboxylic acids is 1. The maximum absolute atomic E-state index is 11.9. The molecule has 0 radical (unpaired) electrons. The lowest BCUT2D eigenvalue weighted by atomic mass is 10.0. The van der Waals surface area contributed by atoms with Crippen LogP contribution in [0.25, 0.3) is 0 Å². The second-order valence-electron chi connectivity index (χ2n) is 9.93. The van der Waals surface area contributed by atoms with E-state index in [1.165, 1.54) is 89.5 Å². The summed E-state index contributed by atoms with van der Waals surface area (Å²) in [7, 11) is 5.77. The third-order valence-electron chi connectivity index (χ3n) is 5.38. The van der Waals surface area contributed by atoms with E-state index in [-0.39, 0.29) is 6.42 Å². The van der Waals surface area contributed by atoms with Crippen molar-refractivity contribution in [3.05, 3.63) is 24.3 Å². The fourth-order valence-electron chi connectivity index (χ4n) is 3.73. The highest BCUT2D eigenvalue weighted by Gasteiger charge is 2.21. The quantitative estimate of drug-likeness (QED) is 0.0777. The standard InChI is InChI=1S/C27H49NO4/c1-5-6-7-8-9-10-11-12-13-14-15-16-17-18-19-20-21-22-27(31)32-25(23-26(29)30)24-28(2,3)4/h19-22,25H,5-18,23-24H2,1-4H3. The van der Waals surface area contributed by atoms with E-state index < -0.39 is 18.0 Å². The van der Waals surface area contributed by atoms with E-state index >= 15 is 0 Å². The Bertz CT molecular complexity index is 534. The SMILES string of the molecule is CCCCCCCCCCCCCCCC=CC=CC(=O)OC(CC(=O)[O-])C[N+](C)(C)C. The van der Waals surface area contributed by atoms with Crippen LogP contribution < -0.4 is 5.11 Å². The van der Waals surface area contributed by atoms with Crippen LogP contribution in [0.3, 0.4) is 0 Å². The van der Waals surface area contributed by atoms with Gasteiger partial charge in [0.2, 0.25) is 0 Å². The van der Waals surface area contributed by atoms with Crippen molar-refractivity contribution in [3.8, 4) is 0 Å². The fourth-order valence-corrected chi connectivity index (χ4v) is 3.73. The monoisotopic (exact) mass is 451 g/mol. The van der Waals surface area contributed by atoms with E-state index in [1.807, 2.05) is 27.2 Å². The lowest BCUT2D eigenvalue weighted by Crippen LogP contribution is -2.45. The Hall–Kier alpha value is -1.62. The zero-order chi connectivity index (χ0) is 24.1. The number of carbonyl (C=O) groups is 2. The number of quaternary nitrogens is 1. The second kappa shape index (κ2) is 20.0. The molecule has 0 aliphatic rings.